The largest absolute Gasteiger partial charge is 0.341 e. The molecule has 1 fully saturated rings. The molecule has 0 atom stereocenters. The van der Waals surface area contributed by atoms with E-state index in [4.69, 9.17) is 0 Å². The van der Waals surface area contributed by atoms with Gasteiger partial charge in [0.1, 0.15) is 11.6 Å². The predicted molar refractivity (Wildman–Crippen MR) is 101 cm³/mol. The smallest absolute Gasteiger partial charge is 0.271 e. The highest BCUT2D eigenvalue weighted by Crippen LogP contribution is 2.24. The second-order valence-corrected chi connectivity index (χ2v) is 7.19. The van der Waals surface area contributed by atoms with Crippen LogP contribution in [-0.2, 0) is 13.0 Å². The average molecular weight is 368 g/mol. The van der Waals surface area contributed by atoms with Gasteiger partial charge in [0.25, 0.3) is 5.69 Å². The molecule has 0 aliphatic carbocycles. The number of hydrogen-bond acceptors (Lipinski definition) is 4. The molecule has 1 aliphatic heterocycles. The molecule has 1 aromatic heterocycles. The van der Waals surface area contributed by atoms with Gasteiger partial charge in [-0.2, -0.15) is 0 Å². The number of nitrogens with zero attached hydrogens (tertiary/aromatic N) is 3. The van der Waals surface area contributed by atoms with Crippen molar-refractivity contribution < 1.29 is 9.31 Å². The molecule has 1 saturated heterocycles. The fourth-order valence-electron chi connectivity index (χ4n) is 3.75. The fourth-order valence-corrected chi connectivity index (χ4v) is 3.75. The van der Waals surface area contributed by atoms with Gasteiger partial charge >= 0.3 is 0 Å². The van der Waals surface area contributed by atoms with E-state index in [1.807, 2.05) is 12.1 Å². The first-order chi connectivity index (χ1) is 13.1. The highest BCUT2D eigenvalue weighted by atomic mass is 19.1. The number of non-ortho nitro benzene ring substituents is 1. The van der Waals surface area contributed by atoms with E-state index in [9.17, 15) is 14.5 Å². The maximum Gasteiger partial charge on any atom is 0.271 e. The van der Waals surface area contributed by atoms with E-state index in [-0.39, 0.29) is 11.5 Å². The number of nitro groups is 1. The van der Waals surface area contributed by atoms with E-state index in [0.29, 0.717) is 18.0 Å². The number of nitro benzene ring substituents is 1. The van der Waals surface area contributed by atoms with Crippen LogP contribution in [0.15, 0.2) is 42.5 Å². The highest BCUT2D eigenvalue weighted by Gasteiger charge is 2.20. The molecule has 27 heavy (non-hydrogen) atoms. The molecule has 0 amide bonds. The minimum absolute atomic E-state index is 0.0688. The number of H-pyrrole nitrogens is 1. The zero-order chi connectivity index (χ0) is 18.8. The Morgan fingerprint density at radius 1 is 1.19 bits per heavy atom. The quantitative estimate of drug-likeness (QED) is 0.544. The number of hydrogen-bond donors (Lipinski definition) is 1. The van der Waals surface area contributed by atoms with Crippen LogP contribution < -0.4 is 0 Å². The van der Waals surface area contributed by atoms with Crippen LogP contribution in [0.2, 0.25) is 0 Å². The lowest BCUT2D eigenvalue weighted by atomic mass is 9.90. The van der Waals surface area contributed by atoms with Crippen LogP contribution in [0.25, 0.3) is 11.0 Å². The van der Waals surface area contributed by atoms with Gasteiger partial charge < -0.3 is 4.98 Å². The minimum atomic E-state index is -0.397. The molecule has 140 valence electrons. The summed E-state index contributed by atoms with van der Waals surface area (Å²) in [4.78, 5) is 20.6. The summed E-state index contributed by atoms with van der Waals surface area (Å²) in [6.07, 6.45) is 3.19. The summed E-state index contributed by atoms with van der Waals surface area (Å²) in [6.45, 7) is 2.69. The third-order valence-corrected chi connectivity index (χ3v) is 5.24. The molecular weight excluding hydrogens is 347 g/mol. The number of imidazole rings is 1. The molecular formula is C20H21FN4O2. The first-order valence-corrected chi connectivity index (χ1v) is 9.16. The lowest BCUT2D eigenvalue weighted by Gasteiger charge is -2.31. The van der Waals surface area contributed by atoms with E-state index in [0.717, 1.165) is 43.7 Å². The topological polar surface area (TPSA) is 75.1 Å². The number of nitrogens with one attached hydrogen (secondary N) is 1. The molecule has 1 N–H and O–H groups in total. The minimum Gasteiger partial charge on any atom is -0.341 e. The second kappa shape index (κ2) is 7.44. The Morgan fingerprint density at radius 3 is 2.63 bits per heavy atom. The van der Waals surface area contributed by atoms with Gasteiger partial charge in [-0.25, -0.2) is 9.37 Å². The first-order valence-electron chi connectivity index (χ1n) is 9.16. The molecule has 4 rings (SSSR count). The molecule has 0 bridgehead atoms. The van der Waals surface area contributed by atoms with E-state index < -0.39 is 4.92 Å². The summed E-state index contributed by atoms with van der Waals surface area (Å²) in [6, 6.07) is 11.5. The van der Waals surface area contributed by atoms with Crippen LogP contribution in [0.3, 0.4) is 0 Å². The first kappa shape index (κ1) is 17.6. The number of piperidine rings is 1. The molecule has 0 unspecified atom stereocenters. The Labute approximate surface area is 156 Å². The summed E-state index contributed by atoms with van der Waals surface area (Å²) in [5, 5.41) is 10.9. The number of fused-ring (bicyclic) bond motifs is 1. The normalized spacial score (nSPS) is 16.0. The summed E-state index contributed by atoms with van der Waals surface area (Å²) in [5.41, 5.74) is 2.71. The van der Waals surface area contributed by atoms with Crippen molar-refractivity contribution in [2.75, 3.05) is 13.1 Å². The number of halogens is 1. The van der Waals surface area contributed by atoms with Crippen molar-refractivity contribution >= 4 is 16.7 Å². The molecule has 2 aromatic carbocycles. The predicted octanol–water partition coefficient (Wildman–Crippen LogP) is 4.06. The van der Waals surface area contributed by atoms with Gasteiger partial charge in [0.15, 0.2) is 0 Å². The Bertz CT molecular complexity index is 946. The van der Waals surface area contributed by atoms with Gasteiger partial charge in [0, 0.05) is 12.1 Å². The molecule has 1 aliphatic rings. The van der Waals surface area contributed by atoms with Gasteiger partial charge in [-0.15, -0.1) is 0 Å². The summed E-state index contributed by atoms with van der Waals surface area (Å²) >= 11 is 0. The molecule has 6 nitrogen and oxygen atoms in total. The lowest BCUT2D eigenvalue weighted by Crippen LogP contribution is -2.34. The monoisotopic (exact) mass is 368 g/mol. The van der Waals surface area contributed by atoms with Crippen LogP contribution in [0.4, 0.5) is 10.1 Å². The van der Waals surface area contributed by atoms with Crippen molar-refractivity contribution in [2.24, 2.45) is 5.92 Å². The van der Waals surface area contributed by atoms with Crippen molar-refractivity contribution in [2.45, 2.75) is 25.8 Å². The van der Waals surface area contributed by atoms with E-state index >= 15 is 0 Å². The zero-order valence-corrected chi connectivity index (χ0v) is 14.9. The average Bonchev–Trinajstić information content (AvgIpc) is 3.06. The van der Waals surface area contributed by atoms with Gasteiger partial charge in [-0.05, 0) is 62.0 Å². The molecule has 7 heteroatoms. The number of aromatic amines is 1. The van der Waals surface area contributed by atoms with E-state index in [1.54, 1.807) is 6.07 Å². The van der Waals surface area contributed by atoms with Crippen LogP contribution in [0.5, 0.6) is 0 Å². The number of benzene rings is 2. The molecule has 0 saturated carbocycles. The Morgan fingerprint density at radius 2 is 1.93 bits per heavy atom. The Kier molecular flexibility index (Phi) is 4.85. The maximum absolute atomic E-state index is 13.0. The van der Waals surface area contributed by atoms with Crippen LogP contribution >= 0.6 is 0 Å². The standard InChI is InChI=1S/C20H21FN4O2/c21-16-3-1-14(2-4-16)11-15-7-9-24(10-8-15)13-20-22-18-6-5-17(25(26)27)12-19(18)23-20/h1-6,12,15H,7-11,13H2,(H,22,23). The number of likely N-dealkylation sites (tertiary alicyclic amines) is 1. The van der Waals surface area contributed by atoms with Crippen LogP contribution in [0.1, 0.15) is 24.2 Å². The Balaban J connectivity index is 1.34. The Hall–Kier alpha value is -2.80. The fraction of sp³-hybridized carbons (Fsp3) is 0.350. The number of aromatic nitrogens is 2. The highest BCUT2D eigenvalue weighted by molar-refractivity contribution is 5.77. The van der Waals surface area contributed by atoms with Crippen molar-refractivity contribution in [1.82, 2.24) is 14.9 Å². The summed E-state index contributed by atoms with van der Waals surface area (Å²) < 4.78 is 13.0. The van der Waals surface area contributed by atoms with Crippen LogP contribution in [0, 0.1) is 21.8 Å². The van der Waals surface area contributed by atoms with Gasteiger partial charge in [0.05, 0.1) is 22.5 Å². The van der Waals surface area contributed by atoms with E-state index in [2.05, 4.69) is 14.9 Å². The third-order valence-electron chi connectivity index (χ3n) is 5.24. The van der Waals surface area contributed by atoms with Gasteiger partial charge in [-0.1, -0.05) is 12.1 Å². The summed E-state index contributed by atoms with van der Waals surface area (Å²) in [7, 11) is 0. The summed E-state index contributed by atoms with van der Waals surface area (Å²) in [5.74, 6) is 1.26. The van der Waals surface area contributed by atoms with Crippen molar-refractivity contribution in [3.8, 4) is 0 Å². The molecule has 0 radical (unpaired) electrons. The molecule has 0 spiro atoms. The molecule has 2 heterocycles. The molecule has 3 aromatic rings. The van der Waals surface area contributed by atoms with Gasteiger partial charge in [-0.3, -0.25) is 15.0 Å². The third kappa shape index (κ3) is 4.14. The SMILES string of the molecule is O=[N+]([O-])c1ccc2nc(CN3CCC(Cc4ccc(F)cc4)CC3)[nH]c2c1. The number of rotatable bonds is 5. The van der Waals surface area contributed by atoms with Crippen molar-refractivity contribution in [1.29, 1.82) is 0 Å². The van der Waals surface area contributed by atoms with Crippen LogP contribution in [-0.4, -0.2) is 32.9 Å². The van der Waals surface area contributed by atoms with E-state index in [1.165, 1.54) is 29.8 Å². The maximum atomic E-state index is 13.0. The second-order valence-electron chi connectivity index (χ2n) is 7.19. The lowest BCUT2D eigenvalue weighted by molar-refractivity contribution is -0.384. The van der Waals surface area contributed by atoms with Crippen molar-refractivity contribution in [3.05, 3.63) is 69.8 Å². The van der Waals surface area contributed by atoms with Gasteiger partial charge in [0.2, 0.25) is 0 Å². The zero-order valence-electron chi connectivity index (χ0n) is 14.9. The van der Waals surface area contributed by atoms with Crippen molar-refractivity contribution in [3.63, 3.8) is 0 Å².